The fourth-order valence-electron chi connectivity index (χ4n) is 1.65. The minimum atomic E-state index is -0.346. The van der Waals surface area contributed by atoms with Crippen LogP contribution < -0.4 is 10.1 Å². The summed E-state index contributed by atoms with van der Waals surface area (Å²) >= 11 is 2.20. The predicted octanol–water partition coefficient (Wildman–Crippen LogP) is 3.94. The number of para-hydroxylation sites is 1. The van der Waals surface area contributed by atoms with E-state index in [2.05, 4.69) is 27.9 Å². The van der Waals surface area contributed by atoms with Gasteiger partial charge in [-0.1, -0.05) is 18.2 Å². The Labute approximate surface area is 119 Å². The minimum Gasteiger partial charge on any atom is -0.454 e. The van der Waals surface area contributed by atoms with Gasteiger partial charge >= 0.3 is 0 Å². The van der Waals surface area contributed by atoms with Crippen molar-refractivity contribution in [3.8, 4) is 11.5 Å². The first-order valence-corrected chi connectivity index (χ1v) is 6.64. The second kappa shape index (κ2) is 6.15. The highest BCUT2D eigenvalue weighted by Gasteiger charge is 2.10. The average molecular weight is 357 g/mol. The summed E-state index contributed by atoms with van der Waals surface area (Å²) in [4.78, 5) is 0. The lowest BCUT2D eigenvalue weighted by Crippen LogP contribution is -2.07. The molecule has 0 saturated heterocycles. The topological polar surface area (TPSA) is 21.3 Å². The zero-order valence-corrected chi connectivity index (χ0v) is 12.1. The second-order valence-electron chi connectivity index (χ2n) is 3.82. The van der Waals surface area contributed by atoms with Gasteiger partial charge in [0.2, 0.25) is 0 Å². The first-order chi connectivity index (χ1) is 8.70. The molecule has 2 aromatic carbocycles. The highest BCUT2D eigenvalue weighted by atomic mass is 127. The summed E-state index contributed by atoms with van der Waals surface area (Å²) in [5, 5.41) is 3.00. The third kappa shape index (κ3) is 3.20. The first-order valence-electron chi connectivity index (χ1n) is 5.56. The molecule has 2 rings (SSSR count). The number of halogens is 2. The van der Waals surface area contributed by atoms with Crippen LogP contribution in [0.2, 0.25) is 0 Å². The first kappa shape index (κ1) is 13.3. The maximum absolute atomic E-state index is 13.8. The van der Waals surface area contributed by atoms with E-state index in [0.717, 1.165) is 9.13 Å². The number of hydrogen-bond donors (Lipinski definition) is 1. The molecule has 4 heteroatoms. The van der Waals surface area contributed by atoms with Gasteiger partial charge in [0.05, 0.1) is 0 Å². The summed E-state index contributed by atoms with van der Waals surface area (Å²) in [5.74, 6) is 0.583. The Morgan fingerprint density at radius 3 is 2.72 bits per heavy atom. The zero-order chi connectivity index (χ0) is 13.0. The van der Waals surface area contributed by atoms with Gasteiger partial charge in [0.25, 0.3) is 0 Å². The van der Waals surface area contributed by atoms with Crippen LogP contribution in [0.25, 0.3) is 0 Å². The van der Waals surface area contributed by atoms with Gasteiger partial charge in [-0.25, -0.2) is 4.39 Å². The Balaban J connectivity index is 2.33. The van der Waals surface area contributed by atoms with Crippen LogP contribution in [0.1, 0.15) is 5.56 Å². The van der Waals surface area contributed by atoms with Crippen molar-refractivity contribution in [3.05, 3.63) is 57.4 Å². The van der Waals surface area contributed by atoms with Crippen LogP contribution in [-0.2, 0) is 6.54 Å². The summed E-state index contributed by atoms with van der Waals surface area (Å²) in [6.45, 7) is 0.566. The van der Waals surface area contributed by atoms with Crippen molar-refractivity contribution in [2.24, 2.45) is 0 Å². The standard InChI is InChI=1S/C14H13FINO/c1-17-9-10-4-2-7-13(15)14(10)18-12-6-3-5-11(16)8-12/h2-8,17H,9H2,1H3. The largest absolute Gasteiger partial charge is 0.454 e. The molecule has 0 aliphatic rings. The van der Waals surface area contributed by atoms with Crippen LogP contribution in [0.15, 0.2) is 42.5 Å². The summed E-state index contributed by atoms with van der Waals surface area (Å²) in [6.07, 6.45) is 0. The van der Waals surface area contributed by atoms with Crippen molar-refractivity contribution < 1.29 is 9.13 Å². The van der Waals surface area contributed by atoms with Gasteiger partial charge in [0.1, 0.15) is 5.75 Å². The third-order valence-corrected chi connectivity index (χ3v) is 3.10. The molecule has 1 N–H and O–H groups in total. The van der Waals surface area contributed by atoms with Crippen LogP contribution in [0, 0.1) is 9.39 Å². The summed E-state index contributed by atoms with van der Waals surface area (Å²) in [5.41, 5.74) is 0.802. The normalized spacial score (nSPS) is 10.4. The summed E-state index contributed by atoms with van der Waals surface area (Å²) in [7, 11) is 1.82. The number of rotatable bonds is 4. The molecule has 0 unspecified atom stereocenters. The van der Waals surface area contributed by atoms with E-state index in [1.807, 2.05) is 37.4 Å². The lowest BCUT2D eigenvalue weighted by Gasteiger charge is -2.12. The number of hydrogen-bond acceptors (Lipinski definition) is 2. The average Bonchev–Trinajstić information content (AvgIpc) is 2.34. The minimum absolute atomic E-state index is 0.286. The molecule has 94 valence electrons. The maximum Gasteiger partial charge on any atom is 0.167 e. The van der Waals surface area contributed by atoms with Crippen molar-refractivity contribution in [1.82, 2.24) is 5.32 Å². The lowest BCUT2D eigenvalue weighted by atomic mass is 10.2. The van der Waals surface area contributed by atoms with Crippen LogP contribution in [0.4, 0.5) is 4.39 Å². The van der Waals surface area contributed by atoms with Crippen LogP contribution in [0.3, 0.4) is 0 Å². The summed E-state index contributed by atoms with van der Waals surface area (Å²) in [6, 6.07) is 12.5. The van der Waals surface area contributed by atoms with E-state index < -0.39 is 0 Å². The Hall–Kier alpha value is -1.14. The maximum atomic E-state index is 13.8. The predicted molar refractivity (Wildman–Crippen MR) is 78.4 cm³/mol. The quantitative estimate of drug-likeness (QED) is 0.837. The molecule has 0 saturated carbocycles. The highest BCUT2D eigenvalue weighted by molar-refractivity contribution is 14.1. The van der Waals surface area contributed by atoms with E-state index in [-0.39, 0.29) is 11.6 Å². The van der Waals surface area contributed by atoms with E-state index in [1.165, 1.54) is 6.07 Å². The molecule has 0 heterocycles. The molecule has 0 fully saturated rings. The molecule has 0 radical (unpaired) electrons. The van der Waals surface area contributed by atoms with Crippen molar-refractivity contribution >= 4 is 22.6 Å². The van der Waals surface area contributed by atoms with Gasteiger partial charge in [-0.2, -0.15) is 0 Å². The monoisotopic (exact) mass is 357 g/mol. The molecule has 0 atom stereocenters. The van der Waals surface area contributed by atoms with Crippen molar-refractivity contribution in [1.29, 1.82) is 0 Å². The third-order valence-electron chi connectivity index (χ3n) is 2.43. The molecular formula is C14H13FINO. The molecule has 2 aromatic rings. The molecule has 0 aliphatic heterocycles. The molecule has 18 heavy (non-hydrogen) atoms. The number of nitrogens with one attached hydrogen (secondary N) is 1. The Kier molecular flexibility index (Phi) is 4.54. The van der Waals surface area contributed by atoms with Gasteiger partial charge < -0.3 is 10.1 Å². The van der Waals surface area contributed by atoms with E-state index in [0.29, 0.717) is 12.3 Å². The van der Waals surface area contributed by atoms with E-state index >= 15 is 0 Å². The van der Waals surface area contributed by atoms with Gasteiger partial charge in [-0.15, -0.1) is 0 Å². The second-order valence-corrected chi connectivity index (χ2v) is 5.06. The van der Waals surface area contributed by atoms with Gasteiger partial charge in [-0.05, 0) is 53.9 Å². The Bertz CT molecular complexity index is 545. The van der Waals surface area contributed by atoms with E-state index in [9.17, 15) is 4.39 Å². The number of ether oxygens (including phenoxy) is 1. The fourth-order valence-corrected chi connectivity index (χ4v) is 2.16. The Morgan fingerprint density at radius 1 is 1.22 bits per heavy atom. The molecule has 0 bridgehead atoms. The van der Waals surface area contributed by atoms with Gasteiger partial charge in [0.15, 0.2) is 11.6 Å². The molecular weight excluding hydrogens is 344 g/mol. The zero-order valence-electron chi connectivity index (χ0n) is 9.91. The smallest absolute Gasteiger partial charge is 0.167 e. The fraction of sp³-hybridized carbons (Fsp3) is 0.143. The molecule has 0 aromatic heterocycles. The summed E-state index contributed by atoms with van der Waals surface area (Å²) < 4.78 is 20.5. The lowest BCUT2D eigenvalue weighted by molar-refractivity contribution is 0.434. The van der Waals surface area contributed by atoms with Crippen molar-refractivity contribution in [3.63, 3.8) is 0 Å². The van der Waals surface area contributed by atoms with Crippen LogP contribution in [0.5, 0.6) is 11.5 Å². The van der Waals surface area contributed by atoms with E-state index in [1.54, 1.807) is 6.07 Å². The SMILES string of the molecule is CNCc1cccc(F)c1Oc1cccc(I)c1. The van der Waals surface area contributed by atoms with E-state index in [4.69, 9.17) is 4.74 Å². The molecule has 2 nitrogen and oxygen atoms in total. The van der Waals surface area contributed by atoms with Gasteiger partial charge in [-0.3, -0.25) is 0 Å². The van der Waals surface area contributed by atoms with Gasteiger partial charge in [0, 0.05) is 15.7 Å². The van der Waals surface area contributed by atoms with Crippen molar-refractivity contribution in [2.45, 2.75) is 6.54 Å². The number of benzene rings is 2. The van der Waals surface area contributed by atoms with Crippen LogP contribution >= 0.6 is 22.6 Å². The molecule has 0 spiro atoms. The van der Waals surface area contributed by atoms with Crippen LogP contribution in [-0.4, -0.2) is 7.05 Å². The molecule has 0 aliphatic carbocycles. The molecule has 0 amide bonds. The Morgan fingerprint density at radius 2 is 2.00 bits per heavy atom. The highest BCUT2D eigenvalue weighted by Crippen LogP contribution is 2.29. The van der Waals surface area contributed by atoms with Crippen molar-refractivity contribution in [2.75, 3.05) is 7.05 Å².